The number of hydrogen-bond acceptors (Lipinski definition) is 4. The Kier molecular flexibility index (Phi) is 11.6. The normalized spacial score (nSPS) is 10.6. The molecule has 0 fully saturated rings. The van der Waals surface area contributed by atoms with Crippen LogP contribution in [0.1, 0.15) is 40.0 Å². The molecule has 116 valence electrons. The van der Waals surface area contributed by atoms with Crippen molar-refractivity contribution in [3.05, 3.63) is 36.3 Å². The fourth-order valence-corrected chi connectivity index (χ4v) is 1.10. The van der Waals surface area contributed by atoms with Crippen molar-refractivity contribution in [2.45, 2.75) is 40.0 Å². The summed E-state index contributed by atoms with van der Waals surface area (Å²) in [5, 5.41) is 0. The Morgan fingerprint density at radius 2 is 1.82 bits per heavy atom. The van der Waals surface area contributed by atoms with E-state index < -0.39 is 11.9 Å². The van der Waals surface area contributed by atoms with E-state index in [4.69, 9.17) is 4.74 Å². The van der Waals surface area contributed by atoms with Crippen LogP contribution in [0.2, 0.25) is 0 Å². The van der Waals surface area contributed by atoms with Crippen LogP contribution in [0.15, 0.2) is 36.3 Å². The van der Waals surface area contributed by atoms with Crippen LogP contribution in [0.5, 0.6) is 0 Å². The predicted octanol–water partition coefficient (Wildman–Crippen LogP) is 3.26. The highest BCUT2D eigenvalue weighted by Gasteiger charge is 1.97. The molecule has 0 radical (unpaired) electrons. The monoisotopic (exact) mass is 300 g/mol. The molecule has 22 heavy (non-hydrogen) atoms. The van der Waals surface area contributed by atoms with Gasteiger partial charge in [-0.05, 0) is 24.3 Å². The number of carbonyl (C=O) groups is 2. The zero-order valence-corrected chi connectivity index (χ0v) is 13.1. The molecule has 4 nitrogen and oxygen atoms in total. The molecule has 0 aliphatic heterocycles. The molecule has 4 heteroatoms. The Morgan fingerprint density at radius 3 is 2.45 bits per heavy atom. The van der Waals surface area contributed by atoms with Crippen molar-refractivity contribution in [2.24, 2.45) is 0 Å². The van der Waals surface area contributed by atoms with E-state index in [1.807, 2.05) is 0 Å². The van der Waals surface area contributed by atoms with Crippen LogP contribution in [0, 0.1) is 23.7 Å². The molecule has 0 aromatic carbocycles. The summed E-state index contributed by atoms with van der Waals surface area (Å²) in [6.45, 7) is 4.63. The summed E-state index contributed by atoms with van der Waals surface area (Å²) >= 11 is 0. The van der Waals surface area contributed by atoms with E-state index >= 15 is 0 Å². The van der Waals surface area contributed by atoms with Gasteiger partial charge in [-0.2, -0.15) is 0 Å². The zero-order valence-electron chi connectivity index (χ0n) is 13.1. The molecule has 0 aromatic heterocycles. The molecule has 0 saturated heterocycles. The second-order valence-electron chi connectivity index (χ2n) is 4.06. The van der Waals surface area contributed by atoms with Gasteiger partial charge in [-0.1, -0.05) is 30.9 Å². The first kappa shape index (κ1) is 19.3. The number of unbranched alkanes of at least 4 members (excludes halogenated alkanes) is 1. The smallest absolute Gasteiger partial charge is 0.308 e. The summed E-state index contributed by atoms with van der Waals surface area (Å²) in [5.74, 6) is 10.7. The molecule has 0 N–H and O–H groups in total. The first-order chi connectivity index (χ1) is 10.6. The lowest BCUT2D eigenvalue weighted by Crippen LogP contribution is -1.97. The number of carbonyl (C=O) groups excluding carboxylic acids is 2. The number of ether oxygens (including phenoxy) is 2. The van der Waals surface area contributed by atoms with E-state index in [9.17, 15) is 9.59 Å². The van der Waals surface area contributed by atoms with Crippen molar-refractivity contribution >= 4 is 11.9 Å². The van der Waals surface area contributed by atoms with Crippen molar-refractivity contribution in [2.75, 3.05) is 0 Å². The molecule has 0 unspecified atom stereocenters. The third kappa shape index (κ3) is 13.7. The third-order valence-corrected chi connectivity index (χ3v) is 1.96. The van der Waals surface area contributed by atoms with Gasteiger partial charge in [0, 0.05) is 32.8 Å². The second-order valence-corrected chi connectivity index (χ2v) is 4.06. The largest absolute Gasteiger partial charge is 0.435 e. The topological polar surface area (TPSA) is 52.6 Å². The molecule has 0 aliphatic carbocycles. The fourth-order valence-electron chi connectivity index (χ4n) is 1.10. The van der Waals surface area contributed by atoms with Crippen LogP contribution >= 0.6 is 0 Å². The van der Waals surface area contributed by atoms with E-state index in [0.717, 1.165) is 19.1 Å². The number of hydrogen-bond donors (Lipinski definition) is 0. The van der Waals surface area contributed by atoms with Crippen molar-refractivity contribution in [3.63, 3.8) is 0 Å². The minimum atomic E-state index is -0.460. The van der Waals surface area contributed by atoms with Crippen LogP contribution in [0.3, 0.4) is 0 Å². The molecular formula is C18H20O4. The molecule has 0 bridgehead atoms. The standard InChI is InChI=1S/C18H20O4/c1-4-5-6-7-8-9-10-11-12-13-18(22-17(3)20)14-15-21-16(2)19/h11-15H,4-5,10H2,1-3H3/b12-11+,15-14+,18-13+. The lowest BCUT2D eigenvalue weighted by atomic mass is 10.3. The van der Waals surface area contributed by atoms with Gasteiger partial charge in [0.15, 0.2) is 0 Å². The number of rotatable bonds is 6. The van der Waals surface area contributed by atoms with E-state index in [0.29, 0.717) is 6.42 Å². The van der Waals surface area contributed by atoms with E-state index in [-0.39, 0.29) is 5.76 Å². The van der Waals surface area contributed by atoms with Gasteiger partial charge in [0.2, 0.25) is 0 Å². The quantitative estimate of drug-likeness (QED) is 0.327. The molecule has 0 aromatic rings. The maximum absolute atomic E-state index is 10.9. The van der Waals surface area contributed by atoms with Gasteiger partial charge in [-0.25, -0.2) is 0 Å². The van der Waals surface area contributed by atoms with Gasteiger partial charge in [0.25, 0.3) is 0 Å². The number of esters is 2. The van der Waals surface area contributed by atoms with Gasteiger partial charge in [0.05, 0.1) is 6.26 Å². The van der Waals surface area contributed by atoms with Gasteiger partial charge in [-0.15, -0.1) is 0 Å². The van der Waals surface area contributed by atoms with Gasteiger partial charge < -0.3 is 9.47 Å². The molecule has 0 amide bonds. The van der Waals surface area contributed by atoms with Gasteiger partial charge >= 0.3 is 11.9 Å². The summed E-state index contributed by atoms with van der Waals surface area (Å²) in [5.41, 5.74) is 0. The average molecular weight is 300 g/mol. The Morgan fingerprint density at radius 1 is 1.09 bits per heavy atom. The molecule has 0 spiro atoms. The Balaban J connectivity index is 4.48. The highest BCUT2D eigenvalue weighted by Crippen LogP contribution is 2.02. The van der Waals surface area contributed by atoms with Crippen LogP contribution in [0.4, 0.5) is 0 Å². The fraction of sp³-hybridized carbons (Fsp3) is 0.333. The molecule has 0 saturated carbocycles. The summed E-state index contributed by atoms with van der Waals surface area (Å²) in [4.78, 5) is 21.6. The lowest BCUT2D eigenvalue weighted by molar-refractivity contribution is -0.136. The second kappa shape index (κ2) is 13.3. The summed E-state index contributed by atoms with van der Waals surface area (Å²) in [6, 6.07) is 0. The van der Waals surface area contributed by atoms with E-state index in [2.05, 4.69) is 35.3 Å². The summed E-state index contributed by atoms with van der Waals surface area (Å²) < 4.78 is 9.57. The maximum atomic E-state index is 10.9. The number of allylic oxidation sites excluding steroid dienone is 4. The highest BCUT2D eigenvalue weighted by atomic mass is 16.5. The Bertz CT molecular complexity index is 572. The SMILES string of the molecule is CCCC#CC#CC/C=C/C=C(\C=C\OC(C)=O)OC(C)=O. The Labute approximate surface area is 131 Å². The van der Waals surface area contributed by atoms with Gasteiger partial charge in [-0.3, -0.25) is 9.59 Å². The zero-order chi connectivity index (χ0) is 16.6. The lowest BCUT2D eigenvalue weighted by Gasteiger charge is -2.00. The maximum Gasteiger partial charge on any atom is 0.308 e. The van der Waals surface area contributed by atoms with Crippen LogP contribution in [0.25, 0.3) is 0 Å². The van der Waals surface area contributed by atoms with Crippen LogP contribution < -0.4 is 0 Å². The molecule has 0 aliphatic rings. The third-order valence-electron chi connectivity index (χ3n) is 1.96. The molecule has 0 rings (SSSR count). The minimum absolute atomic E-state index is 0.265. The first-order valence-corrected chi connectivity index (χ1v) is 6.91. The Hall–Kier alpha value is -2.72. The van der Waals surface area contributed by atoms with Crippen molar-refractivity contribution in [1.29, 1.82) is 0 Å². The minimum Gasteiger partial charge on any atom is -0.435 e. The molecule has 0 heterocycles. The van der Waals surface area contributed by atoms with Crippen molar-refractivity contribution < 1.29 is 19.1 Å². The van der Waals surface area contributed by atoms with Crippen LogP contribution in [-0.2, 0) is 19.1 Å². The summed E-state index contributed by atoms with van der Waals surface area (Å²) in [7, 11) is 0. The highest BCUT2D eigenvalue weighted by molar-refractivity contribution is 5.68. The van der Waals surface area contributed by atoms with Crippen molar-refractivity contribution in [1.82, 2.24) is 0 Å². The summed E-state index contributed by atoms with van der Waals surface area (Å²) in [6.07, 6.45) is 10.0. The first-order valence-electron chi connectivity index (χ1n) is 6.91. The molecular weight excluding hydrogens is 280 g/mol. The van der Waals surface area contributed by atoms with Crippen LogP contribution in [-0.4, -0.2) is 11.9 Å². The van der Waals surface area contributed by atoms with E-state index in [1.165, 1.54) is 19.9 Å². The molecule has 0 atom stereocenters. The van der Waals surface area contributed by atoms with E-state index in [1.54, 1.807) is 18.2 Å². The predicted molar refractivity (Wildman–Crippen MR) is 85.0 cm³/mol. The van der Waals surface area contributed by atoms with Crippen molar-refractivity contribution in [3.8, 4) is 23.7 Å². The average Bonchev–Trinajstić information content (AvgIpc) is 2.44. The van der Waals surface area contributed by atoms with Gasteiger partial charge in [0.1, 0.15) is 5.76 Å².